The van der Waals surface area contributed by atoms with Crippen LogP contribution in [0.25, 0.3) is 0 Å². The molecular weight excluding hydrogens is 220 g/mol. The molecule has 5 heteroatoms. The summed E-state index contributed by atoms with van der Waals surface area (Å²) in [5, 5.41) is 3.79. The lowest BCUT2D eigenvalue weighted by Crippen LogP contribution is -2.06. The van der Waals surface area contributed by atoms with Gasteiger partial charge in [0.05, 0.1) is 19.2 Å². The summed E-state index contributed by atoms with van der Waals surface area (Å²) in [6.07, 6.45) is 0.835. The van der Waals surface area contributed by atoms with Crippen molar-refractivity contribution < 1.29 is 14.1 Å². The maximum atomic E-state index is 11.3. The van der Waals surface area contributed by atoms with Crippen molar-refractivity contribution in [3.63, 3.8) is 0 Å². The van der Waals surface area contributed by atoms with Crippen LogP contribution in [0, 0.1) is 6.92 Å². The zero-order valence-electron chi connectivity index (χ0n) is 10.7. The van der Waals surface area contributed by atoms with Gasteiger partial charge in [0, 0.05) is 12.0 Å². The first-order valence-corrected chi connectivity index (χ1v) is 5.38. The quantitative estimate of drug-likeness (QED) is 0.641. The van der Waals surface area contributed by atoms with Crippen LogP contribution in [0.15, 0.2) is 15.7 Å². The van der Waals surface area contributed by atoms with Crippen molar-refractivity contribution in [1.82, 2.24) is 5.16 Å². The average molecular weight is 238 g/mol. The summed E-state index contributed by atoms with van der Waals surface area (Å²) in [7, 11) is 1.38. The molecule has 17 heavy (non-hydrogen) atoms. The molecular formula is C12H18N2O3. The normalized spacial score (nSPS) is 10.1. The third kappa shape index (κ3) is 3.34. The van der Waals surface area contributed by atoms with Gasteiger partial charge in [0.15, 0.2) is 0 Å². The number of esters is 1. The van der Waals surface area contributed by atoms with Gasteiger partial charge in [-0.05, 0) is 20.8 Å². The van der Waals surface area contributed by atoms with Crippen LogP contribution >= 0.6 is 0 Å². The van der Waals surface area contributed by atoms with Gasteiger partial charge in [0.2, 0.25) is 5.88 Å². The van der Waals surface area contributed by atoms with E-state index < -0.39 is 0 Å². The topological polar surface area (TPSA) is 78.3 Å². The van der Waals surface area contributed by atoms with E-state index in [-0.39, 0.29) is 12.4 Å². The number of anilines is 1. The number of allylic oxidation sites excluding steroid dienone is 1. The molecule has 0 aromatic carbocycles. The molecule has 0 fully saturated rings. The number of nitrogen functional groups attached to an aromatic ring is 1. The summed E-state index contributed by atoms with van der Waals surface area (Å²) in [4.78, 5) is 11.3. The number of methoxy groups -OCH3 is 1. The molecule has 0 spiro atoms. The van der Waals surface area contributed by atoms with E-state index in [4.69, 9.17) is 10.3 Å². The third-order valence-electron chi connectivity index (χ3n) is 2.70. The van der Waals surface area contributed by atoms with Crippen molar-refractivity contribution in [3.05, 3.63) is 22.4 Å². The molecule has 1 aromatic rings. The van der Waals surface area contributed by atoms with Gasteiger partial charge < -0.3 is 15.0 Å². The smallest absolute Gasteiger partial charge is 0.309 e. The largest absolute Gasteiger partial charge is 0.469 e. The first-order valence-electron chi connectivity index (χ1n) is 5.38. The highest BCUT2D eigenvalue weighted by Gasteiger charge is 2.15. The molecule has 0 aliphatic carbocycles. The van der Waals surface area contributed by atoms with Crippen molar-refractivity contribution in [2.45, 2.75) is 33.6 Å². The van der Waals surface area contributed by atoms with Crippen LogP contribution in [0.4, 0.5) is 5.88 Å². The number of carbonyl (C=O) groups is 1. The van der Waals surface area contributed by atoms with Crippen LogP contribution < -0.4 is 5.73 Å². The summed E-state index contributed by atoms with van der Waals surface area (Å²) < 4.78 is 9.56. The Balaban J connectivity index is 2.90. The van der Waals surface area contributed by atoms with E-state index in [1.54, 1.807) is 0 Å². The van der Waals surface area contributed by atoms with Crippen LogP contribution in [-0.4, -0.2) is 18.2 Å². The SMILES string of the molecule is COC(=O)CC(Cc1c(C)noc1N)=C(C)C. The number of ether oxygens (including phenoxy) is 1. The summed E-state index contributed by atoms with van der Waals surface area (Å²) in [6, 6.07) is 0. The van der Waals surface area contributed by atoms with Gasteiger partial charge in [-0.15, -0.1) is 0 Å². The van der Waals surface area contributed by atoms with Crippen molar-refractivity contribution in [1.29, 1.82) is 0 Å². The lowest BCUT2D eigenvalue weighted by atomic mass is 9.98. The number of nitrogens with two attached hydrogens (primary N) is 1. The Morgan fingerprint density at radius 1 is 1.47 bits per heavy atom. The van der Waals surface area contributed by atoms with Crippen molar-refractivity contribution >= 4 is 11.9 Å². The van der Waals surface area contributed by atoms with E-state index >= 15 is 0 Å². The number of aromatic nitrogens is 1. The number of hydrogen-bond acceptors (Lipinski definition) is 5. The molecule has 0 saturated heterocycles. The molecule has 1 heterocycles. The Hall–Kier alpha value is -1.78. The number of aryl methyl sites for hydroxylation is 1. The second kappa shape index (κ2) is 5.52. The Morgan fingerprint density at radius 3 is 2.53 bits per heavy atom. The molecule has 0 bridgehead atoms. The summed E-state index contributed by atoms with van der Waals surface area (Å²) >= 11 is 0. The van der Waals surface area contributed by atoms with Crippen molar-refractivity contribution in [2.75, 3.05) is 12.8 Å². The fourth-order valence-corrected chi connectivity index (χ4v) is 1.50. The minimum absolute atomic E-state index is 0.256. The summed E-state index contributed by atoms with van der Waals surface area (Å²) in [6.45, 7) is 5.74. The molecule has 0 aliphatic rings. The minimum atomic E-state index is -0.256. The van der Waals surface area contributed by atoms with E-state index in [1.165, 1.54) is 7.11 Å². The summed E-state index contributed by atoms with van der Waals surface area (Å²) in [5.41, 5.74) is 9.34. The molecule has 2 N–H and O–H groups in total. The molecule has 0 aliphatic heterocycles. The van der Waals surface area contributed by atoms with E-state index in [0.717, 1.165) is 22.4 Å². The van der Waals surface area contributed by atoms with Crippen molar-refractivity contribution in [2.24, 2.45) is 0 Å². The predicted octanol–water partition coefficient (Wildman–Crippen LogP) is 2.01. The third-order valence-corrected chi connectivity index (χ3v) is 2.70. The zero-order chi connectivity index (χ0) is 13.0. The first-order chi connectivity index (χ1) is 7.95. The van der Waals surface area contributed by atoms with Gasteiger partial charge in [0.25, 0.3) is 0 Å². The van der Waals surface area contributed by atoms with Gasteiger partial charge in [0.1, 0.15) is 0 Å². The molecule has 1 rings (SSSR count). The van der Waals surface area contributed by atoms with E-state index in [9.17, 15) is 4.79 Å². The number of nitrogens with zero attached hydrogens (tertiary/aromatic N) is 1. The monoisotopic (exact) mass is 238 g/mol. The molecule has 1 aromatic heterocycles. The fourth-order valence-electron chi connectivity index (χ4n) is 1.50. The number of rotatable bonds is 4. The van der Waals surface area contributed by atoms with Gasteiger partial charge in [-0.25, -0.2) is 0 Å². The van der Waals surface area contributed by atoms with Crippen LogP contribution in [0.3, 0.4) is 0 Å². The maximum absolute atomic E-state index is 11.3. The zero-order valence-corrected chi connectivity index (χ0v) is 10.7. The Labute approximate surface area is 101 Å². The lowest BCUT2D eigenvalue weighted by Gasteiger charge is -2.08. The average Bonchev–Trinajstić information content (AvgIpc) is 2.59. The maximum Gasteiger partial charge on any atom is 0.309 e. The van der Waals surface area contributed by atoms with Gasteiger partial charge in [-0.3, -0.25) is 4.79 Å². The summed E-state index contributed by atoms with van der Waals surface area (Å²) in [5.74, 6) is 0.0556. The van der Waals surface area contributed by atoms with E-state index in [1.807, 2.05) is 20.8 Å². The molecule has 0 atom stereocenters. The van der Waals surface area contributed by atoms with Crippen LogP contribution in [0.2, 0.25) is 0 Å². The minimum Gasteiger partial charge on any atom is -0.469 e. The van der Waals surface area contributed by atoms with Gasteiger partial charge >= 0.3 is 5.97 Å². The highest BCUT2D eigenvalue weighted by Crippen LogP contribution is 2.23. The first kappa shape index (κ1) is 13.3. The van der Waals surface area contributed by atoms with Crippen LogP contribution in [-0.2, 0) is 16.0 Å². The molecule has 0 saturated carbocycles. The van der Waals surface area contributed by atoms with Gasteiger partial charge in [-0.2, -0.15) is 0 Å². The molecule has 0 amide bonds. The van der Waals surface area contributed by atoms with E-state index in [0.29, 0.717) is 12.3 Å². The van der Waals surface area contributed by atoms with Crippen LogP contribution in [0.5, 0.6) is 0 Å². The fraction of sp³-hybridized carbons (Fsp3) is 0.500. The second-order valence-corrected chi connectivity index (χ2v) is 4.14. The Morgan fingerprint density at radius 2 is 2.12 bits per heavy atom. The number of carbonyl (C=O) groups excluding carboxylic acids is 1. The standard InChI is InChI=1S/C12H18N2O3/c1-7(2)9(6-11(15)16-4)5-10-8(3)14-17-12(10)13/h5-6,13H2,1-4H3. The second-order valence-electron chi connectivity index (χ2n) is 4.14. The van der Waals surface area contributed by atoms with Gasteiger partial charge in [-0.1, -0.05) is 16.3 Å². The van der Waals surface area contributed by atoms with Crippen molar-refractivity contribution in [3.8, 4) is 0 Å². The van der Waals surface area contributed by atoms with Crippen LogP contribution in [0.1, 0.15) is 31.5 Å². The lowest BCUT2D eigenvalue weighted by molar-refractivity contribution is -0.139. The highest BCUT2D eigenvalue weighted by molar-refractivity contribution is 5.72. The molecule has 0 unspecified atom stereocenters. The number of hydrogen-bond donors (Lipinski definition) is 1. The predicted molar refractivity (Wildman–Crippen MR) is 64.4 cm³/mol. The molecule has 0 radical (unpaired) electrons. The Bertz CT molecular complexity index is 423. The molecule has 94 valence electrons. The van der Waals surface area contributed by atoms with E-state index in [2.05, 4.69) is 9.89 Å². The Kier molecular flexibility index (Phi) is 4.31. The molecule has 5 nitrogen and oxygen atoms in total. The highest BCUT2D eigenvalue weighted by atomic mass is 16.5.